The maximum absolute atomic E-state index is 12.2. The molecular formula is C17H23N3O2S. The second kappa shape index (κ2) is 7.57. The molecule has 124 valence electrons. The highest BCUT2D eigenvalue weighted by molar-refractivity contribution is 7.89. The van der Waals surface area contributed by atoms with Gasteiger partial charge in [-0.05, 0) is 44.5 Å². The van der Waals surface area contributed by atoms with Crippen LogP contribution in [0.5, 0.6) is 0 Å². The molecule has 6 heteroatoms. The lowest BCUT2D eigenvalue weighted by atomic mass is 10.2. The van der Waals surface area contributed by atoms with E-state index in [4.69, 9.17) is 0 Å². The van der Waals surface area contributed by atoms with Gasteiger partial charge in [0.15, 0.2) is 0 Å². The average Bonchev–Trinajstić information content (AvgIpc) is 2.56. The van der Waals surface area contributed by atoms with Crippen molar-refractivity contribution in [3.63, 3.8) is 0 Å². The van der Waals surface area contributed by atoms with E-state index in [0.29, 0.717) is 0 Å². The predicted octanol–water partition coefficient (Wildman–Crippen LogP) is 2.71. The second-order valence-corrected chi connectivity index (χ2v) is 7.10. The van der Waals surface area contributed by atoms with Crippen LogP contribution in [0.25, 0.3) is 0 Å². The largest absolute Gasteiger partial charge is 0.357 e. The van der Waals surface area contributed by atoms with Crippen LogP contribution < -0.4 is 9.62 Å². The van der Waals surface area contributed by atoms with E-state index in [1.807, 2.05) is 19.1 Å². The molecule has 0 aliphatic carbocycles. The summed E-state index contributed by atoms with van der Waals surface area (Å²) in [5, 5.41) is 0. The van der Waals surface area contributed by atoms with E-state index in [9.17, 15) is 8.42 Å². The zero-order valence-electron chi connectivity index (χ0n) is 13.8. The fourth-order valence-corrected chi connectivity index (χ4v) is 3.25. The molecule has 0 aliphatic heterocycles. The van der Waals surface area contributed by atoms with E-state index in [-0.39, 0.29) is 11.4 Å². The molecule has 0 unspecified atom stereocenters. The first-order valence-electron chi connectivity index (χ1n) is 7.72. The number of aromatic nitrogens is 1. The number of rotatable bonds is 7. The second-order valence-electron chi connectivity index (χ2n) is 5.33. The highest BCUT2D eigenvalue weighted by Crippen LogP contribution is 2.13. The molecule has 2 rings (SSSR count). The summed E-state index contributed by atoms with van der Waals surface area (Å²) in [7, 11) is -3.50. The van der Waals surface area contributed by atoms with Gasteiger partial charge in [-0.1, -0.05) is 23.8 Å². The van der Waals surface area contributed by atoms with Crippen LogP contribution in [0.1, 0.15) is 25.0 Å². The molecule has 1 heterocycles. The van der Waals surface area contributed by atoms with Crippen molar-refractivity contribution in [1.82, 2.24) is 9.71 Å². The van der Waals surface area contributed by atoms with Gasteiger partial charge in [0.25, 0.3) is 0 Å². The Hall–Kier alpha value is -1.92. The quantitative estimate of drug-likeness (QED) is 0.846. The molecule has 0 aliphatic rings. The lowest BCUT2D eigenvalue weighted by Crippen LogP contribution is -2.24. The molecule has 0 amide bonds. The first-order chi connectivity index (χ1) is 11.0. The standard InChI is InChI=1S/C17H23N3O2S/c1-4-20(5-2)17-11-8-15(12-18-17)13-19-23(21,22)16-9-6-14(3)7-10-16/h6-12,19H,4-5,13H2,1-3H3. The monoisotopic (exact) mass is 333 g/mol. The summed E-state index contributed by atoms with van der Waals surface area (Å²) in [6, 6.07) is 10.6. The van der Waals surface area contributed by atoms with Gasteiger partial charge in [-0.25, -0.2) is 18.1 Å². The van der Waals surface area contributed by atoms with E-state index in [1.165, 1.54) is 0 Å². The first kappa shape index (κ1) is 17.4. The van der Waals surface area contributed by atoms with Crippen molar-refractivity contribution in [3.8, 4) is 0 Å². The number of anilines is 1. The van der Waals surface area contributed by atoms with Gasteiger partial charge < -0.3 is 4.90 Å². The van der Waals surface area contributed by atoms with E-state index in [0.717, 1.165) is 30.0 Å². The van der Waals surface area contributed by atoms with Gasteiger partial charge in [0.2, 0.25) is 10.0 Å². The molecule has 5 nitrogen and oxygen atoms in total. The number of benzene rings is 1. The van der Waals surface area contributed by atoms with Crippen LogP contribution in [-0.2, 0) is 16.6 Å². The van der Waals surface area contributed by atoms with E-state index in [2.05, 4.69) is 28.5 Å². The van der Waals surface area contributed by atoms with Gasteiger partial charge in [0.1, 0.15) is 5.82 Å². The summed E-state index contributed by atoms with van der Waals surface area (Å²) in [4.78, 5) is 6.81. The van der Waals surface area contributed by atoms with Crippen LogP contribution in [0, 0.1) is 6.92 Å². The molecule has 0 radical (unpaired) electrons. The number of nitrogens with zero attached hydrogens (tertiary/aromatic N) is 2. The van der Waals surface area contributed by atoms with Gasteiger partial charge in [-0.3, -0.25) is 0 Å². The third-order valence-corrected chi connectivity index (χ3v) is 5.11. The van der Waals surface area contributed by atoms with Gasteiger partial charge in [0.05, 0.1) is 4.90 Å². The van der Waals surface area contributed by atoms with Crippen molar-refractivity contribution in [2.24, 2.45) is 0 Å². The number of nitrogens with one attached hydrogen (secondary N) is 1. The molecule has 0 bridgehead atoms. The Balaban J connectivity index is 2.04. The van der Waals surface area contributed by atoms with Crippen LogP contribution in [0.3, 0.4) is 0 Å². The first-order valence-corrected chi connectivity index (χ1v) is 9.20. The molecule has 0 spiro atoms. The van der Waals surface area contributed by atoms with Crippen LogP contribution in [0.15, 0.2) is 47.5 Å². The minimum atomic E-state index is -3.50. The minimum absolute atomic E-state index is 0.224. The molecule has 1 N–H and O–H groups in total. The van der Waals surface area contributed by atoms with Crippen molar-refractivity contribution in [1.29, 1.82) is 0 Å². The van der Waals surface area contributed by atoms with Gasteiger partial charge >= 0.3 is 0 Å². The van der Waals surface area contributed by atoms with Gasteiger partial charge in [0, 0.05) is 25.8 Å². The number of pyridine rings is 1. The summed E-state index contributed by atoms with van der Waals surface area (Å²) in [6.07, 6.45) is 1.71. The minimum Gasteiger partial charge on any atom is -0.357 e. The number of hydrogen-bond acceptors (Lipinski definition) is 4. The maximum atomic E-state index is 12.2. The van der Waals surface area contributed by atoms with Gasteiger partial charge in [-0.15, -0.1) is 0 Å². The Labute approximate surface area is 138 Å². The zero-order chi connectivity index (χ0) is 16.9. The summed E-state index contributed by atoms with van der Waals surface area (Å²) in [5.41, 5.74) is 1.86. The molecule has 0 atom stereocenters. The Morgan fingerprint density at radius 1 is 1.04 bits per heavy atom. The summed E-state index contributed by atoms with van der Waals surface area (Å²) in [6.45, 7) is 8.09. The van der Waals surface area contributed by atoms with Crippen molar-refractivity contribution in [2.75, 3.05) is 18.0 Å². The summed E-state index contributed by atoms with van der Waals surface area (Å²) in [5.74, 6) is 0.903. The SMILES string of the molecule is CCN(CC)c1ccc(CNS(=O)(=O)c2ccc(C)cc2)cn1. The molecule has 0 saturated heterocycles. The molecule has 0 fully saturated rings. The fraction of sp³-hybridized carbons (Fsp3) is 0.353. The third-order valence-electron chi connectivity index (χ3n) is 3.69. The van der Waals surface area contributed by atoms with E-state index >= 15 is 0 Å². The van der Waals surface area contributed by atoms with Crippen molar-refractivity contribution >= 4 is 15.8 Å². The predicted molar refractivity (Wildman–Crippen MR) is 93.0 cm³/mol. The van der Waals surface area contributed by atoms with Crippen LogP contribution >= 0.6 is 0 Å². The van der Waals surface area contributed by atoms with Gasteiger partial charge in [-0.2, -0.15) is 0 Å². The normalized spacial score (nSPS) is 11.4. The lowest BCUT2D eigenvalue weighted by molar-refractivity contribution is 0.581. The number of hydrogen-bond donors (Lipinski definition) is 1. The smallest absolute Gasteiger partial charge is 0.240 e. The molecule has 1 aromatic carbocycles. The lowest BCUT2D eigenvalue weighted by Gasteiger charge is -2.19. The maximum Gasteiger partial charge on any atom is 0.240 e. The number of sulfonamides is 1. The zero-order valence-corrected chi connectivity index (χ0v) is 14.6. The van der Waals surface area contributed by atoms with Crippen LogP contribution in [0.2, 0.25) is 0 Å². The van der Waals surface area contributed by atoms with Crippen molar-refractivity contribution in [2.45, 2.75) is 32.2 Å². The number of aryl methyl sites for hydroxylation is 1. The summed E-state index contributed by atoms with van der Waals surface area (Å²) < 4.78 is 27.1. The Kier molecular flexibility index (Phi) is 5.74. The molecule has 23 heavy (non-hydrogen) atoms. The summed E-state index contributed by atoms with van der Waals surface area (Å²) >= 11 is 0. The Bertz CT molecular complexity index is 721. The highest BCUT2D eigenvalue weighted by atomic mass is 32.2. The highest BCUT2D eigenvalue weighted by Gasteiger charge is 2.13. The van der Waals surface area contributed by atoms with E-state index in [1.54, 1.807) is 30.5 Å². The molecular weight excluding hydrogens is 310 g/mol. The third kappa shape index (κ3) is 4.53. The van der Waals surface area contributed by atoms with E-state index < -0.39 is 10.0 Å². The Morgan fingerprint density at radius 2 is 1.70 bits per heavy atom. The van der Waals surface area contributed by atoms with Crippen molar-refractivity contribution < 1.29 is 8.42 Å². The molecule has 0 saturated carbocycles. The fourth-order valence-electron chi connectivity index (χ4n) is 2.24. The topological polar surface area (TPSA) is 62.3 Å². The molecule has 1 aromatic heterocycles. The average molecular weight is 333 g/mol. The van der Waals surface area contributed by atoms with Crippen molar-refractivity contribution in [3.05, 3.63) is 53.7 Å². The Morgan fingerprint density at radius 3 is 2.22 bits per heavy atom. The molecule has 2 aromatic rings. The van der Waals surface area contributed by atoms with Crippen LogP contribution in [-0.4, -0.2) is 26.5 Å². The van der Waals surface area contributed by atoms with Crippen LogP contribution in [0.4, 0.5) is 5.82 Å².